The van der Waals surface area contributed by atoms with Crippen molar-refractivity contribution in [3.8, 4) is 11.3 Å². The molecule has 148 valence electrons. The summed E-state index contributed by atoms with van der Waals surface area (Å²) in [5.74, 6) is 0.374. The molecular formula is C23H27NO4. The van der Waals surface area contributed by atoms with Crippen LogP contribution in [-0.2, 0) is 9.59 Å². The third kappa shape index (κ3) is 5.52. The summed E-state index contributed by atoms with van der Waals surface area (Å²) in [6, 6.07) is 10.9. The van der Waals surface area contributed by atoms with Crippen molar-refractivity contribution in [2.75, 3.05) is 0 Å². The van der Waals surface area contributed by atoms with Gasteiger partial charge in [-0.3, -0.25) is 19.7 Å². The smallest absolute Gasteiger partial charge is 0.253 e. The van der Waals surface area contributed by atoms with Crippen molar-refractivity contribution in [3.63, 3.8) is 0 Å². The van der Waals surface area contributed by atoms with Gasteiger partial charge in [-0.1, -0.05) is 45.0 Å². The van der Waals surface area contributed by atoms with Gasteiger partial charge in [0.25, 0.3) is 5.91 Å². The van der Waals surface area contributed by atoms with Crippen molar-refractivity contribution in [2.24, 2.45) is 5.92 Å². The second kappa shape index (κ2) is 9.83. The van der Waals surface area contributed by atoms with E-state index in [0.29, 0.717) is 35.5 Å². The Morgan fingerprint density at radius 2 is 1.75 bits per heavy atom. The molecule has 1 aromatic heterocycles. The molecule has 1 atom stereocenters. The minimum Gasteiger partial charge on any atom is -0.457 e. The van der Waals surface area contributed by atoms with E-state index in [1.807, 2.05) is 32.0 Å². The summed E-state index contributed by atoms with van der Waals surface area (Å²) in [5, 5.41) is 2.40. The molecule has 2 amide bonds. The lowest BCUT2D eigenvalue weighted by Crippen LogP contribution is -2.34. The molecule has 0 aliphatic carbocycles. The van der Waals surface area contributed by atoms with E-state index in [1.54, 1.807) is 38.1 Å². The highest BCUT2D eigenvalue weighted by Gasteiger charge is 2.15. The first-order valence-corrected chi connectivity index (χ1v) is 9.62. The molecule has 0 radical (unpaired) electrons. The van der Waals surface area contributed by atoms with Crippen molar-refractivity contribution >= 4 is 23.7 Å². The Hall–Kier alpha value is -2.95. The number of nitrogens with one attached hydrogen (secondary N) is 1. The fourth-order valence-electron chi connectivity index (χ4n) is 2.58. The van der Waals surface area contributed by atoms with Gasteiger partial charge in [-0.2, -0.15) is 0 Å². The highest BCUT2D eigenvalue weighted by atomic mass is 16.3. The molecule has 1 unspecified atom stereocenters. The summed E-state index contributed by atoms with van der Waals surface area (Å²) < 4.78 is 5.79. The van der Waals surface area contributed by atoms with E-state index in [9.17, 15) is 14.4 Å². The number of benzene rings is 1. The van der Waals surface area contributed by atoms with Crippen LogP contribution in [0.1, 0.15) is 63.1 Å². The number of carbonyl (C=O) groups is 3. The number of imide groups is 1. The maximum atomic E-state index is 12.1. The molecule has 0 aliphatic heterocycles. The van der Waals surface area contributed by atoms with E-state index in [0.717, 1.165) is 12.0 Å². The van der Waals surface area contributed by atoms with E-state index < -0.39 is 5.91 Å². The van der Waals surface area contributed by atoms with Gasteiger partial charge in [0.05, 0.1) is 0 Å². The molecular weight excluding hydrogens is 354 g/mol. The van der Waals surface area contributed by atoms with Crippen molar-refractivity contribution in [1.29, 1.82) is 0 Å². The van der Waals surface area contributed by atoms with Crippen LogP contribution in [0.3, 0.4) is 0 Å². The number of ketones is 1. The van der Waals surface area contributed by atoms with Gasteiger partial charge in [-0.15, -0.1) is 0 Å². The Balaban J connectivity index is 2.08. The summed E-state index contributed by atoms with van der Waals surface area (Å²) in [5.41, 5.74) is 1.93. The first kappa shape index (κ1) is 21.4. The Morgan fingerprint density at radius 1 is 1.07 bits per heavy atom. The molecule has 0 spiro atoms. The number of carbonyl (C=O) groups excluding carboxylic acids is 3. The molecule has 0 aliphatic rings. The van der Waals surface area contributed by atoms with Crippen LogP contribution in [-0.4, -0.2) is 17.6 Å². The summed E-state index contributed by atoms with van der Waals surface area (Å²) in [6.07, 6.45) is 3.63. The Kier molecular flexibility index (Phi) is 7.50. The second-order valence-corrected chi connectivity index (χ2v) is 6.91. The van der Waals surface area contributed by atoms with Crippen molar-refractivity contribution in [1.82, 2.24) is 5.32 Å². The normalized spacial score (nSPS) is 12.5. The maximum Gasteiger partial charge on any atom is 0.253 e. The monoisotopic (exact) mass is 381 g/mol. The van der Waals surface area contributed by atoms with E-state index in [-0.39, 0.29) is 17.6 Å². The summed E-state index contributed by atoms with van der Waals surface area (Å²) in [6.45, 7) is 7.29. The topological polar surface area (TPSA) is 76.4 Å². The van der Waals surface area contributed by atoms with Crippen LogP contribution in [0.25, 0.3) is 17.4 Å². The fourth-order valence-corrected chi connectivity index (χ4v) is 2.58. The van der Waals surface area contributed by atoms with Crippen LogP contribution in [0.4, 0.5) is 0 Å². The van der Waals surface area contributed by atoms with E-state index in [4.69, 9.17) is 4.42 Å². The largest absolute Gasteiger partial charge is 0.457 e. The number of hydrogen-bond donors (Lipinski definition) is 1. The van der Waals surface area contributed by atoms with Crippen LogP contribution in [0.15, 0.2) is 46.4 Å². The van der Waals surface area contributed by atoms with E-state index >= 15 is 0 Å². The molecule has 0 bridgehead atoms. The van der Waals surface area contributed by atoms with Gasteiger partial charge in [0.15, 0.2) is 5.78 Å². The first-order chi connectivity index (χ1) is 13.3. The molecule has 2 rings (SSSR count). The molecule has 5 heteroatoms. The van der Waals surface area contributed by atoms with Crippen molar-refractivity contribution in [3.05, 3.63) is 53.3 Å². The predicted octanol–water partition coefficient (Wildman–Crippen LogP) is 5.02. The third-order valence-electron chi connectivity index (χ3n) is 4.61. The lowest BCUT2D eigenvalue weighted by atomic mass is 10.0. The molecule has 2 aromatic rings. The number of amides is 2. The minimum absolute atomic E-state index is 0.130. The van der Waals surface area contributed by atoms with Crippen LogP contribution < -0.4 is 5.32 Å². The highest BCUT2D eigenvalue weighted by molar-refractivity contribution is 6.06. The third-order valence-corrected chi connectivity index (χ3v) is 4.61. The van der Waals surface area contributed by atoms with Gasteiger partial charge in [-0.25, -0.2) is 0 Å². The van der Waals surface area contributed by atoms with Gasteiger partial charge in [0, 0.05) is 29.0 Å². The average Bonchev–Trinajstić information content (AvgIpc) is 3.15. The zero-order chi connectivity index (χ0) is 20.7. The number of rotatable bonds is 8. The molecule has 28 heavy (non-hydrogen) atoms. The van der Waals surface area contributed by atoms with Crippen LogP contribution in [0.5, 0.6) is 0 Å². The quantitative estimate of drug-likeness (QED) is 0.514. The number of Topliss-reactive ketones (excluding diaryl/α,β-unsaturated/α-hetero) is 1. The molecule has 5 nitrogen and oxygen atoms in total. The summed E-state index contributed by atoms with van der Waals surface area (Å²) >= 11 is 0. The SMILES string of the molecule is CCCC(=O)c1ccc(-c2ccc(/C=C(/C)C(=O)NC(=O)C(C)CC)o2)cc1. The minimum atomic E-state index is -0.429. The molecule has 0 fully saturated rings. The predicted molar refractivity (Wildman–Crippen MR) is 110 cm³/mol. The molecule has 0 saturated carbocycles. The zero-order valence-corrected chi connectivity index (χ0v) is 16.9. The molecule has 1 aromatic carbocycles. The highest BCUT2D eigenvalue weighted by Crippen LogP contribution is 2.24. The van der Waals surface area contributed by atoms with Crippen molar-refractivity contribution in [2.45, 2.75) is 47.0 Å². The lowest BCUT2D eigenvalue weighted by Gasteiger charge is -2.08. The van der Waals surface area contributed by atoms with E-state index in [2.05, 4.69) is 5.32 Å². The van der Waals surface area contributed by atoms with Gasteiger partial charge < -0.3 is 4.42 Å². The molecule has 1 heterocycles. The van der Waals surface area contributed by atoms with Gasteiger partial charge in [-0.05, 0) is 38.0 Å². The van der Waals surface area contributed by atoms with E-state index in [1.165, 1.54) is 0 Å². The van der Waals surface area contributed by atoms with Gasteiger partial charge in [0.2, 0.25) is 5.91 Å². The maximum absolute atomic E-state index is 12.1. The average molecular weight is 381 g/mol. The summed E-state index contributed by atoms with van der Waals surface area (Å²) in [7, 11) is 0. The zero-order valence-electron chi connectivity index (χ0n) is 16.9. The van der Waals surface area contributed by atoms with Crippen LogP contribution >= 0.6 is 0 Å². The molecule has 0 saturated heterocycles. The Bertz CT molecular complexity index is 874. The number of hydrogen-bond acceptors (Lipinski definition) is 4. The van der Waals surface area contributed by atoms with Gasteiger partial charge in [0.1, 0.15) is 11.5 Å². The second-order valence-electron chi connectivity index (χ2n) is 6.91. The van der Waals surface area contributed by atoms with Crippen molar-refractivity contribution < 1.29 is 18.8 Å². The standard InChI is InChI=1S/C23H27NO4/c1-5-7-20(25)17-8-10-18(11-9-17)21-13-12-19(28-21)14-16(4)23(27)24-22(26)15(3)6-2/h8-15H,5-7H2,1-4H3,(H,24,26,27)/b16-14-. The Labute approximate surface area is 165 Å². The number of furan rings is 1. The lowest BCUT2D eigenvalue weighted by molar-refractivity contribution is -0.130. The first-order valence-electron chi connectivity index (χ1n) is 9.62. The van der Waals surface area contributed by atoms with Crippen LogP contribution in [0, 0.1) is 5.92 Å². The fraction of sp³-hybridized carbons (Fsp3) is 0.348. The molecule has 1 N–H and O–H groups in total. The van der Waals surface area contributed by atoms with Gasteiger partial charge >= 0.3 is 0 Å². The Morgan fingerprint density at radius 3 is 2.36 bits per heavy atom. The van der Waals surface area contributed by atoms with Crippen LogP contribution in [0.2, 0.25) is 0 Å². The summed E-state index contributed by atoms with van der Waals surface area (Å²) in [4.78, 5) is 35.9.